The molecule has 1 aliphatic heterocycles. The lowest BCUT2D eigenvalue weighted by Gasteiger charge is -2.25. The molecule has 1 N–H and O–H groups in total. The number of hydrogen-bond donors (Lipinski definition) is 1. The van der Waals surface area contributed by atoms with E-state index < -0.39 is 6.17 Å². The summed E-state index contributed by atoms with van der Waals surface area (Å²) in [5.41, 5.74) is 15.7. The third-order valence-electron chi connectivity index (χ3n) is 14.0. The lowest BCUT2D eigenvalue weighted by Crippen LogP contribution is -2.33. The molecule has 0 spiro atoms. The number of fused-ring (bicyclic) bond motifs is 9. The minimum absolute atomic E-state index is 0.186. The van der Waals surface area contributed by atoms with Crippen LogP contribution in [-0.4, -0.2) is 21.6 Å². The van der Waals surface area contributed by atoms with Crippen LogP contribution in [0.3, 0.4) is 0 Å². The van der Waals surface area contributed by atoms with Crippen molar-refractivity contribution >= 4 is 54.9 Å². The summed E-state index contributed by atoms with van der Waals surface area (Å²) in [6.45, 7) is 4.73. The molecule has 0 bridgehead atoms. The Kier molecular flexibility index (Phi) is 8.87. The standard InChI is InChI=1S/C62H43N5/c1-62(2)54-30-26-38-15-9-10-20-46(38)57(54)52-27-25-41(36-55(52)62)42-33-43(35-44(34-42)61-66-59(39-16-5-3-6-17-39)65-60(67-61)40-18-7-4-8-19-40)45-28-29-51(48-22-12-11-21-47(45)48)58-53-37-63-32-31-49(53)50-23-13-14-24-56(50)64-58/h3-37,61H,1-2H3,(H,65,66,67). The van der Waals surface area contributed by atoms with E-state index in [0.717, 1.165) is 88.5 Å². The molecule has 2 aliphatic rings. The summed E-state index contributed by atoms with van der Waals surface area (Å²) in [6.07, 6.45) is 3.40. The van der Waals surface area contributed by atoms with Crippen molar-refractivity contribution in [3.8, 4) is 44.6 Å². The Labute approximate surface area is 388 Å². The molecule has 0 fully saturated rings. The van der Waals surface area contributed by atoms with Crippen LogP contribution in [0, 0.1) is 0 Å². The molecule has 0 radical (unpaired) electrons. The van der Waals surface area contributed by atoms with Gasteiger partial charge in [0.15, 0.2) is 5.84 Å². The molecule has 0 amide bonds. The molecule has 0 saturated carbocycles. The Morgan fingerprint density at radius 3 is 1.96 bits per heavy atom. The molecule has 316 valence electrons. The van der Waals surface area contributed by atoms with Crippen LogP contribution in [0.5, 0.6) is 0 Å². The second-order valence-corrected chi connectivity index (χ2v) is 18.2. The summed E-state index contributed by atoms with van der Waals surface area (Å²) < 4.78 is 0. The van der Waals surface area contributed by atoms with Crippen molar-refractivity contribution in [3.63, 3.8) is 0 Å². The first-order chi connectivity index (χ1) is 33.0. The highest BCUT2D eigenvalue weighted by atomic mass is 15.2. The molecule has 5 heteroatoms. The summed E-state index contributed by atoms with van der Waals surface area (Å²) >= 11 is 0. The Morgan fingerprint density at radius 1 is 0.463 bits per heavy atom. The third-order valence-corrected chi connectivity index (χ3v) is 14.0. The maximum Gasteiger partial charge on any atom is 0.159 e. The van der Waals surface area contributed by atoms with Gasteiger partial charge in [-0.3, -0.25) is 4.98 Å². The highest BCUT2D eigenvalue weighted by molar-refractivity contribution is 6.15. The fourth-order valence-electron chi connectivity index (χ4n) is 10.7. The molecule has 1 atom stereocenters. The maximum atomic E-state index is 5.38. The zero-order chi connectivity index (χ0) is 44.6. The van der Waals surface area contributed by atoms with Crippen LogP contribution >= 0.6 is 0 Å². The molecule has 0 saturated heterocycles. The fraction of sp³-hybridized carbons (Fsp3) is 0.0645. The Balaban J connectivity index is 1.02. The van der Waals surface area contributed by atoms with Gasteiger partial charge in [0.25, 0.3) is 0 Å². The number of rotatable bonds is 6. The van der Waals surface area contributed by atoms with Crippen LogP contribution in [0.1, 0.15) is 47.8 Å². The summed E-state index contributed by atoms with van der Waals surface area (Å²) in [6, 6.07) is 71.8. The summed E-state index contributed by atoms with van der Waals surface area (Å²) in [7, 11) is 0. The molecular formula is C62H43N5. The predicted octanol–water partition coefficient (Wildman–Crippen LogP) is 14.9. The normalized spacial score (nSPS) is 15.0. The molecule has 3 heterocycles. The van der Waals surface area contributed by atoms with Crippen molar-refractivity contribution in [2.75, 3.05) is 0 Å². The zero-order valence-corrected chi connectivity index (χ0v) is 37.1. The van der Waals surface area contributed by atoms with E-state index in [0.29, 0.717) is 5.84 Å². The lowest BCUT2D eigenvalue weighted by molar-refractivity contribution is 0.661. The topological polar surface area (TPSA) is 62.5 Å². The lowest BCUT2D eigenvalue weighted by atomic mass is 9.81. The number of para-hydroxylation sites is 1. The fourth-order valence-corrected chi connectivity index (χ4v) is 10.7. The molecule has 9 aromatic carbocycles. The SMILES string of the molecule is CC1(C)c2cc(-c3cc(-c4ccc(-c5nc6ccccc6c6ccncc56)c5ccccc45)cc(C4N=C(c5ccccc5)N=C(c5ccccc5)N4)c3)ccc2-c2c1ccc1ccccc21. The van der Waals surface area contributed by atoms with E-state index in [1.807, 2.05) is 36.7 Å². The third kappa shape index (κ3) is 6.38. The van der Waals surface area contributed by atoms with Gasteiger partial charge in [0.2, 0.25) is 0 Å². The molecule has 13 rings (SSSR count). The van der Waals surface area contributed by atoms with Gasteiger partial charge in [0.05, 0.1) is 11.2 Å². The monoisotopic (exact) mass is 857 g/mol. The van der Waals surface area contributed by atoms with Gasteiger partial charge in [-0.25, -0.2) is 15.0 Å². The predicted molar refractivity (Wildman–Crippen MR) is 278 cm³/mol. The molecule has 67 heavy (non-hydrogen) atoms. The number of nitrogens with one attached hydrogen (secondary N) is 1. The second kappa shape index (κ2) is 15.3. The van der Waals surface area contributed by atoms with Crippen molar-refractivity contribution in [1.29, 1.82) is 0 Å². The van der Waals surface area contributed by atoms with Crippen LogP contribution < -0.4 is 5.32 Å². The van der Waals surface area contributed by atoms with Crippen LogP contribution in [0.2, 0.25) is 0 Å². The number of aliphatic imine (C=N–C) groups is 2. The smallest absolute Gasteiger partial charge is 0.159 e. The van der Waals surface area contributed by atoms with E-state index in [4.69, 9.17) is 15.0 Å². The molecule has 1 unspecified atom stereocenters. The van der Waals surface area contributed by atoms with E-state index >= 15 is 0 Å². The molecule has 11 aromatic rings. The molecule has 1 aliphatic carbocycles. The average molecular weight is 858 g/mol. The number of nitrogens with zero attached hydrogens (tertiary/aromatic N) is 4. The van der Waals surface area contributed by atoms with E-state index in [1.165, 1.54) is 33.0 Å². The molecular weight excluding hydrogens is 815 g/mol. The quantitative estimate of drug-likeness (QED) is 0.169. The Morgan fingerprint density at radius 2 is 1.13 bits per heavy atom. The summed E-state index contributed by atoms with van der Waals surface area (Å²) in [4.78, 5) is 20.4. The summed E-state index contributed by atoms with van der Waals surface area (Å²) in [5.74, 6) is 1.48. The van der Waals surface area contributed by atoms with Gasteiger partial charge in [0.1, 0.15) is 12.0 Å². The van der Waals surface area contributed by atoms with Gasteiger partial charge in [-0.05, 0) is 113 Å². The van der Waals surface area contributed by atoms with Crippen molar-refractivity contribution < 1.29 is 0 Å². The van der Waals surface area contributed by atoms with Crippen LogP contribution in [0.25, 0.3) is 87.9 Å². The van der Waals surface area contributed by atoms with Gasteiger partial charge in [-0.15, -0.1) is 0 Å². The first-order valence-corrected chi connectivity index (χ1v) is 23.0. The largest absolute Gasteiger partial charge is 0.344 e. The van der Waals surface area contributed by atoms with Crippen molar-refractivity contribution in [2.45, 2.75) is 25.4 Å². The molecule has 5 nitrogen and oxygen atoms in total. The average Bonchev–Trinajstić information content (AvgIpc) is 3.63. The highest BCUT2D eigenvalue weighted by Crippen LogP contribution is 2.52. The van der Waals surface area contributed by atoms with Crippen molar-refractivity contribution in [1.82, 2.24) is 15.3 Å². The Bertz CT molecular complexity index is 3870. The minimum atomic E-state index is -0.422. The number of pyridine rings is 2. The van der Waals surface area contributed by atoms with Crippen LogP contribution in [0.15, 0.2) is 223 Å². The van der Waals surface area contributed by atoms with E-state index in [1.54, 1.807) is 0 Å². The van der Waals surface area contributed by atoms with Gasteiger partial charge in [0, 0.05) is 45.3 Å². The van der Waals surface area contributed by atoms with E-state index in [-0.39, 0.29) is 5.41 Å². The second-order valence-electron chi connectivity index (χ2n) is 18.2. The number of hydrogen-bond acceptors (Lipinski definition) is 5. The van der Waals surface area contributed by atoms with E-state index in [9.17, 15) is 0 Å². The number of aromatic nitrogens is 2. The number of amidine groups is 2. The molecule has 2 aromatic heterocycles. The van der Waals surface area contributed by atoms with Gasteiger partial charge >= 0.3 is 0 Å². The van der Waals surface area contributed by atoms with Crippen molar-refractivity contribution in [3.05, 3.63) is 240 Å². The zero-order valence-electron chi connectivity index (χ0n) is 37.1. The minimum Gasteiger partial charge on any atom is -0.344 e. The first kappa shape index (κ1) is 38.9. The van der Waals surface area contributed by atoms with Crippen LogP contribution in [0.4, 0.5) is 0 Å². The van der Waals surface area contributed by atoms with E-state index in [2.05, 4.69) is 200 Å². The number of benzene rings is 9. The van der Waals surface area contributed by atoms with Gasteiger partial charge in [-0.2, -0.15) is 0 Å². The highest BCUT2D eigenvalue weighted by Gasteiger charge is 2.37. The van der Waals surface area contributed by atoms with Crippen LogP contribution in [-0.2, 0) is 5.41 Å². The Hall–Kier alpha value is -8.54. The van der Waals surface area contributed by atoms with Gasteiger partial charge in [-0.1, -0.05) is 178 Å². The first-order valence-electron chi connectivity index (χ1n) is 23.0. The van der Waals surface area contributed by atoms with Crippen molar-refractivity contribution in [2.24, 2.45) is 9.98 Å². The van der Waals surface area contributed by atoms with Gasteiger partial charge < -0.3 is 5.32 Å². The maximum absolute atomic E-state index is 5.38. The summed E-state index contributed by atoms with van der Waals surface area (Å²) in [5, 5.41) is 11.9.